The van der Waals surface area contributed by atoms with Gasteiger partial charge in [0.05, 0.1) is 0 Å². The molecule has 0 radical (unpaired) electrons. The van der Waals surface area contributed by atoms with Crippen LogP contribution >= 0.6 is 0 Å². The molecule has 2 heterocycles. The fraction of sp³-hybridized carbons (Fsp3) is 0.107. The van der Waals surface area contributed by atoms with Crippen molar-refractivity contribution in [3.05, 3.63) is 113 Å². The molecule has 1 aliphatic rings. The van der Waals surface area contributed by atoms with E-state index in [1.165, 1.54) is 6.07 Å². The predicted molar refractivity (Wildman–Crippen MR) is 137 cm³/mol. The normalized spacial score (nSPS) is 13.3. The molecule has 5 rings (SSSR count). The minimum absolute atomic E-state index is 0.0862. The highest BCUT2D eigenvalue weighted by Crippen LogP contribution is 2.34. The van der Waals surface area contributed by atoms with Crippen LogP contribution in [0.4, 0.5) is 16.2 Å². The number of amides is 3. The number of nitrogens with two attached hydrogens (primary N) is 1. The van der Waals surface area contributed by atoms with Gasteiger partial charge in [0.25, 0.3) is 5.56 Å². The van der Waals surface area contributed by atoms with Gasteiger partial charge in [0.2, 0.25) is 5.91 Å². The summed E-state index contributed by atoms with van der Waals surface area (Å²) in [5.74, 6) is -0.526. The second kappa shape index (κ2) is 8.95. The van der Waals surface area contributed by atoms with Crippen molar-refractivity contribution in [1.82, 2.24) is 4.57 Å². The second-order valence-electron chi connectivity index (χ2n) is 8.41. The van der Waals surface area contributed by atoms with E-state index in [0.29, 0.717) is 24.3 Å². The van der Waals surface area contributed by atoms with Gasteiger partial charge in [0, 0.05) is 48.0 Å². The third kappa shape index (κ3) is 4.08. The monoisotopic (exact) mass is 464 g/mol. The molecule has 7 nitrogen and oxygen atoms in total. The third-order valence-electron chi connectivity index (χ3n) is 6.33. The van der Waals surface area contributed by atoms with Crippen LogP contribution in [0, 0.1) is 6.92 Å². The smallest absolute Gasteiger partial charge is 0.329 e. The van der Waals surface area contributed by atoms with Gasteiger partial charge < -0.3 is 5.73 Å². The van der Waals surface area contributed by atoms with E-state index in [1.807, 2.05) is 55.5 Å². The summed E-state index contributed by atoms with van der Waals surface area (Å²) in [4.78, 5) is 40.4. The number of nitrogens with zero attached hydrogens (tertiary/aromatic N) is 3. The van der Waals surface area contributed by atoms with Crippen LogP contribution in [0.15, 0.2) is 95.9 Å². The van der Waals surface area contributed by atoms with Crippen molar-refractivity contribution in [3.63, 3.8) is 0 Å². The SMILES string of the molecule is Cc1c(-c2ccc(-n3ccccc3=O)cc2)cccc1N1CCN(c2cccc(C(N)=O)c2)C1=O. The van der Waals surface area contributed by atoms with E-state index in [0.717, 1.165) is 28.1 Å². The lowest BCUT2D eigenvalue weighted by atomic mass is 9.98. The standard InChI is InChI=1S/C28H24N4O3/c1-19-24(20-11-13-22(14-12-20)30-15-3-2-10-26(30)33)8-5-9-25(19)32-17-16-31(28(32)35)23-7-4-6-21(18-23)27(29)34/h2-15,18H,16-17H2,1H3,(H2,29,34). The van der Waals surface area contributed by atoms with Crippen LogP contribution < -0.4 is 21.1 Å². The Labute approximate surface area is 202 Å². The largest absolute Gasteiger partial charge is 0.366 e. The summed E-state index contributed by atoms with van der Waals surface area (Å²) < 4.78 is 1.60. The Morgan fingerprint density at radius 1 is 0.800 bits per heavy atom. The molecular formula is C28H24N4O3. The number of hydrogen-bond acceptors (Lipinski definition) is 3. The van der Waals surface area contributed by atoms with Gasteiger partial charge >= 0.3 is 6.03 Å². The van der Waals surface area contributed by atoms with Crippen molar-refractivity contribution < 1.29 is 9.59 Å². The molecule has 0 unspecified atom stereocenters. The van der Waals surface area contributed by atoms with E-state index >= 15 is 0 Å². The van der Waals surface area contributed by atoms with E-state index in [-0.39, 0.29) is 11.6 Å². The molecule has 0 saturated carbocycles. The summed E-state index contributed by atoms with van der Waals surface area (Å²) in [5, 5.41) is 0. The van der Waals surface area contributed by atoms with Crippen LogP contribution in [0.2, 0.25) is 0 Å². The van der Waals surface area contributed by atoms with Gasteiger partial charge in [-0.15, -0.1) is 0 Å². The van der Waals surface area contributed by atoms with Gasteiger partial charge in [-0.1, -0.05) is 36.4 Å². The molecule has 0 spiro atoms. The number of carbonyl (C=O) groups excluding carboxylic acids is 2. The molecule has 1 saturated heterocycles. The summed E-state index contributed by atoms with van der Waals surface area (Å²) in [6.07, 6.45) is 1.74. The van der Waals surface area contributed by atoms with Crippen LogP contribution in [-0.4, -0.2) is 29.6 Å². The molecule has 7 heteroatoms. The van der Waals surface area contributed by atoms with Crippen LogP contribution in [0.5, 0.6) is 0 Å². The second-order valence-corrected chi connectivity index (χ2v) is 8.41. The first-order chi connectivity index (χ1) is 16.9. The molecule has 1 aromatic heterocycles. The molecule has 35 heavy (non-hydrogen) atoms. The number of primary amides is 1. The lowest BCUT2D eigenvalue weighted by molar-refractivity contribution is 0.1000. The lowest BCUT2D eigenvalue weighted by Gasteiger charge is -2.22. The van der Waals surface area contributed by atoms with Crippen molar-refractivity contribution in [3.8, 4) is 16.8 Å². The maximum Gasteiger partial charge on any atom is 0.329 e. The highest BCUT2D eigenvalue weighted by molar-refractivity contribution is 6.07. The van der Waals surface area contributed by atoms with Crippen molar-refractivity contribution >= 4 is 23.3 Å². The molecule has 2 N–H and O–H groups in total. The highest BCUT2D eigenvalue weighted by atomic mass is 16.2. The first-order valence-corrected chi connectivity index (χ1v) is 11.3. The maximum atomic E-state index is 13.3. The van der Waals surface area contributed by atoms with Gasteiger partial charge in [-0.3, -0.25) is 24.0 Å². The molecule has 174 valence electrons. The highest BCUT2D eigenvalue weighted by Gasteiger charge is 2.32. The third-order valence-corrected chi connectivity index (χ3v) is 6.33. The van der Waals surface area contributed by atoms with Gasteiger partial charge in [-0.05, 0) is 66.1 Å². The van der Waals surface area contributed by atoms with Crippen LogP contribution in [0.1, 0.15) is 15.9 Å². The fourth-order valence-corrected chi connectivity index (χ4v) is 4.50. The maximum absolute atomic E-state index is 13.3. The number of aromatic nitrogens is 1. The summed E-state index contributed by atoms with van der Waals surface area (Å²) in [6.45, 7) is 3.04. The minimum Gasteiger partial charge on any atom is -0.366 e. The molecule has 0 atom stereocenters. The number of pyridine rings is 1. The molecule has 0 bridgehead atoms. The zero-order valence-corrected chi connectivity index (χ0v) is 19.2. The number of benzene rings is 3. The van der Waals surface area contributed by atoms with E-state index in [9.17, 15) is 14.4 Å². The van der Waals surface area contributed by atoms with Crippen LogP contribution in [-0.2, 0) is 0 Å². The number of rotatable bonds is 5. The first kappa shape index (κ1) is 22.2. The first-order valence-electron chi connectivity index (χ1n) is 11.3. The molecular weight excluding hydrogens is 440 g/mol. The van der Waals surface area contributed by atoms with Crippen molar-refractivity contribution in [1.29, 1.82) is 0 Å². The Balaban J connectivity index is 1.43. The van der Waals surface area contributed by atoms with Gasteiger partial charge in [-0.2, -0.15) is 0 Å². The van der Waals surface area contributed by atoms with Crippen LogP contribution in [0.3, 0.4) is 0 Å². The van der Waals surface area contributed by atoms with Crippen molar-refractivity contribution in [2.75, 3.05) is 22.9 Å². The Kier molecular flexibility index (Phi) is 5.66. The number of hydrogen-bond donors (Lipinski definition) is 1. The van der Waals surface area contributed by atoms with E-state index in [4.69, 9.17) is 5.73 Å². The zero-order valence-electron chi connectivity index (χ0n) is 19.2. The Morgan fingerprint density at radius 2 is 1.54 bits per heavy atom. The molecule has 1 aliphatic heterocycles. The minimum atomic E-state index is -0.526. The number of urea groups is 1. The summed E-state index contributed by atoms with van der Waals surface area (Å²) in [7, 11) is 0. The number of anilines is 2. The van der Waals surface area contributed by atoms with E-state index in [1.54, 1.807) is 50.9 Å². The zero-order chi connectivity index (χ0) is 24.5. The van der Waals surface area contributed by atoms with E-state index < -0.39 is 5.91 Å². The van der Waals surface area contributed by atoms with E-state index in [2.05, 4.69) is 0 Å². The van der Waals surface area contributed by atoms with Crippen molar-refractivity contribution in [2.24, 2.45) is 5.73 Å². The van der Waals surface area contributed by atoms with Crippen molar-refractivity contribution in [2.45, 2.75) is 6.92 Å². The summed E-state index contributed by atoms with van der Waals surface area (Å²) >= 11 is 0. The molecule has 0 aliphatic carbocycles. The van der Waals surface area contributed by atoms with Gasteiger partial charge in [-0.25, -0.2) is 4.79 Å². The van der Waals surface area contributed by atoms with Crippen LogP contribution in [0.25, 0.3) is 16.8 Å². The molecule has 3 aromatic carbocycles. The summed E-state index contributed by atoms with van der Waals surface area (Å²) in [6, 6.07) is 25.4. The average Bonchev–Trinajstić information content (AvgIpc) is 3.26. The Hall–Kier alpha value is -4.65. The predicted octanol–water partition coefficient (Wildman–Crippen LogP) is 4.36. The Bertz CT molecular complexity index is 1490. The lowest BCUT2D eigenvalue weighted by Crippen LogP contribution is -2.32. The topological polar surface area (TPSA) is 88.6 Å². The average molecular weight is 465 g/mol. The number of carbonyl (C=O) groups is 2. The Morgan fingerprint density at radius 3 is 2.29 bits per heavy atom. The van der Waals surface area contributed by atoms with Gasteiger partial charge in [0.1, 0.15) is 0 Å². The molecule has 1 fully saturated rings. The molecule has 3 amide bonds. The quantitative estimate of drug-likeness (QED) is 0.476. The van der Waals surface area contributed by atoms with Gasteiger partial charge in [0.15, 0.2) is 0 Å². The fourth-order valence-electron chi connectivity index (χ4n) is 4.50. The molecule has 4 aromatic rings. The summed E-state index contributed by atoms with van der Waals surface area (Å²) in [5.41, 5.74) is 11.0.